The van der Waals surface area contributed by atoms with Crippen LogP contribution in [-0.2, 0) is 19.1 Å². The summed E-state index contributed by atoms with van der Waals surface area (Å²) in [5.74, 6) is -0.851. The van der Waals surface area contributed by atoms with Crippen LogP contribution in [0, 0.1) is 0 Å². The number of carbonyl (C=O) groups excluding carboxylic acids is 2. The van der Waals surface area contributed by atoms with E-state index >= 15 is 0 Å². The van der Waals surface area contributed by atoms with Gasteiger partial charge in [0.1, 0.15) is 6.61 Å². The Balaban J connectivity index is 1.10. The lowest BCUT2D eigenvalue weighted by atomic mass is 9.98. The van der Waals surface area contributed by atoms with Crippen LogP contribution in [0.1, 0.15) is 23.5 Å². The van der Waals surface area contributed by atoms with Crippen molar-refractivity contribution >= 4 is 18.0 Å². The van der Waals surface area contributed by atoms with E-state index in [0.717, 1.165) is 11.1 Å². The number of ether oxygens (including phenoxy) is 2. The maximum atomic E-state index is 12.3. The van der Waals surface area contributed by atoms with Crippen molar-refractivity contribution in [1.29, 1.82) is 0 Å². The van der Waals surface area contributed by atoms with Gasteiger partial charge in [0, 0.05) is 38.6 Å². The summed E-state index contributed by atoms with van der Waals surface area (Å²) in [5, 5.41) is 11.5. The van der Waals surface area contributed by atoms with E-state index in [0.29, 0.717) is 32.7 Å². The Morgan fingerprint density at radius 1 is 0.914 bits per heavy atom. The molecule has 2 aromatic carbocycles. The Morgan fingerprint density at radius 2 is 1.54 bits per heavy atom. The fourth-order valence-corrected chi connectivity index (χ4v) is 4.64. The van der Waals surface area contributed by atoms with Crippen molar-refractivity contribution < 1.29 is 29.0 Å². The van der Waals surface area contributed by atoms with Crippen LogP contribution >= 0.6 is 0 Å². The summed E-state index contributed by atoms with van der Waals surface area (Å²) in [5.41, 5.74) is 4.69. The number of hydrogen-bond acceptors (Lipinski definition) is 6. The molecule has 35 heavy (non-hydrogen) atoms. The summed E-state index contributed by atoms with van der Waals surface area (Å²) in [6.45, 7) is 3.26. The number of fused-ring (bicyclic) bond motifs is 3. The van der Waals surface area contributed by atoms with E-state index in [9.17, 15) is 14.4 Å². The molecule has 1 fully saturated rings. The largest absolute Gasteiger partial charge is 0.480 e. The molecule has 2 aromatic rings. The van der Waals surface area contributed by atoms with Gasteiger partial charge in [0.15, 0.2) is 0 Å². The third-order valence-electron chi connectivity index (χ3n) is 6.40. The highest BCUT2D eigenvalue weighted by Gasteiger charge is 2.29. The van der Waals surface area contributed by atoms with Gasteiger partial charge in [0.2, 0.25) is 5.91 Å². The van der Waals surface area contributed by atoms with E-state index in [4.69, 9.17) is 14.6 Å². The molecule has 1 aliphatic carbocycles. The topological polar surface area (TPSA) is 108 Å². The molecular weight excluding hydrogens is 450 g/mol. The van der Waals surface area contributed by atoms with Crippen LogP contribution in [0.15, 0.2) is 48.5 Å². The molecule has 0 unspecified atom stereocenters. The molecule has 1 heterocycles. The van der Waals surface area contributed by atoms with Crippen LogP contribution in [-0.4, -0.2) is 92.0 Å². The molecule has 0 atom stereocenters. The van der Waals surface area contributed by atoms with Crippen molar-refractivity contribution in [3.8, 4) is 11.1 Å². The van der Waals surface area contributed by atoms with E-state index in [1.807, 2.05) is 29.2 Å². The first-order valence-electron chi connectivity index (χ1n) is 11.9. The van der Waals surface area contributed by atoms with Crippen molar-refractivity contribution in [1.82, 2.24) is 15.1 Å². The standard InChI is InChI=1S/C26H31N3O6/c30-24(29-13-11-28(12-14-29)17-25(31)32)9-15-34-16-10-27-26(33)35-18-23-21-7-3-1-5-19(21)20-6-2-4-8-22(20)23/h1-8,23H,9-18H2,(H,27,33)(H,31,32). The lowest BCUT2D eigenvalue weighted by Crippen LogP contribution is -2.50. The van der Waals surface area contributed by atoms with Crippen LogP contribution in [0.4, 0.5) is 4.79 Å². The van der Waals surface area contributed by atoms with Gasteiger partial charge in [0.05, 0.1) is 26.2 Å². The van der Waals surface area contributed by atoms with Gasteiger partial charge in [-0.05, 0) is 22.3 Å². The number of benzene rings is 2. The summed E-state index contributed by atoms with van der Waals surface area (Å²) >= 11 is 0. The van der Waals surface area contributed by atoms with Crippen molar-refractivity contribution in [2.24, 2.45) is 0 Å². The second-order valence-electron chi connectivity index (χ2n) is 8.67. The number of carboxylic acids is 1. The molecule has 2 amide bonds. The number of aliphatic carboxylic acids is 1. The van der Waals surface area contributed by atoms with Crippen molar-refractivity contribution in [2.75, 3.05) is 59.1 Å². The molecule has 0 aromatic heterocycles. The first kappa shape index (κ1) is 24.7. The second-order valence-corrected chi connectivity index (χ2v) is 8.67. The van der Waals surface area contributed by atoms with Gasteiger partial charge in [-0.25, -0.2) is 4.79 Å². The number of nitrogens with one attached hydrogen (secondary N) is 1. The van der Waals surface area contributed by atoms with E-state index < -0.39 is 12.1 Å². The number of piperazine rings is 1. The Kier molecular flexibility index (Phi) is 8.33. The number of rotatable bonds is 10. The molecule has 9 heteroatoms. The highest BCUT2D eigenvalue weighted by atomic mass is 16.5. The van der Waals surface area contributed by atoms with Gasteiger partial charge in [-0.3, -0.25) is 14.5 Å². The molecule has 1 saturated heterocycles. The molecule has 9 nitrogen and oxygen atoms in total. The Labute approximate surface area is 204 Å². The fraction of sp³-hybridized carbons (Fsp3) is 0.423. The van der Waals surface area contributed by atoms with E-state index in [1.165, 1.54) is 11.1 Å². The average molecular weight is 482 g/mol. The predicted molar refractivity (Wildman–Crippen MR) is 129 cm³/mol. The third kappa shape index (κ3) is 6.37. The number of alkyl carbamates (subject to hydrolysis) is 1. The van der Waals surface area contributed by atoms with Crippen molar-refractivity contribution in [3.05, 3.63) is 59.7 Å². The van der Waals surface area contributed by atoms with Crippen LogP contribution < -0.4 is 5.32 Å². The molecule has 0 spiro atoms. The number of hydrogen-bond donors (Lipinski definition) is 2. The minimum atomic E-state index is -0.857. The smallest absolute Gasteiger partial charge is 0.407 e. The first-order valence-corrected chi connectivity index (χ1v) is 11.9. The van der Waals surface area contributed by atoms with Gasteiger partial charge in [0.25, 0.3) is 0 Å². The summed E-state index contributed by atoms with van der Waals surface area (Å²) in [7, 11) is 0. The second kappa shape index (κ2) is 11.8. The van der Waals surface area contributed by atoms with Gasteiger partial charge in [-0.15, -0.1) is 0 Å². The van der Waals surface area contributed by atoms with E-state index in [-0.39, 0.29) is 44.6 Å². The van der Waals surface area contributed by atoms with Gasteiger partial charge < -0.3 is 24.8 Å². The molecular formula is C26H31N3O6. The lowest BCUT2D eigenvalue weighted by Gasteiger charge is -2.33. The number of carbonyl (C=O) groups is 3. The van der Waals surface area contributed by atoms with Crippen molar-refractivity contribution in [2.45, 2.75) is 12.3 Å². The Morgan fingerprint density at radius 3 is 2.17 bits per heavy atom. The summed E-state index contributed by atoms with van der Waals surface area (Å²) in [4.78, 5) is 38.8. The predicted octanol–water partition coefficient (Wildman–Crippen LogP) is 2.16. The van der Waals surface area contributed by atoms with Gasteiger partial charge in [-0.1, -0.05) is 48.5 Å². The Bertz CT molecular complexity index is 1010. The zero-order chi connectivity index (χ0) is 24.6. The summed E-state index contributed by atoms with van der Waals surface area (Å²) in [6.07, 6.45) is -0.241. The zero-order valence-corrected chi connectivity index (χ0v) is 19.7. The van der Waals surface area contributed by atoms with Gasteiger partial charge >= 0.3 is 12.1 Å². The number of nitrogens with zero attached hydrogens (tertiary/aromatic N) is 2. The number of amides is 2. The molecule has 0 bridgehead atoms. The van der Waals surface area contributed by atoms with Crippen molar-refractivity contribution in [3.63, 3.8) is 0 Å². The third-order valence-corrected chi connectivity index (χ3v) is 6.40. The van der Waals surface area contributed by atoms with Crippen LogP contribution in [0.2, 0.25) is 0 Å². The number of carboxylic acid groups (broad SMARTS) is 1. The highest BCUT2D eigenvalue weighted by Crippen LogP contribution is 2.44. The summed E-state index contributed by atoms with van der Waals surface area (Å²) in [6, 6.07) is 16.4. The molecule has 186 valence electrons. The molecule has 2 N–H and O–H groups in total. The minimum Gasteiger partial charge on any atom is -0.480 e. The molecule has 1 aliphatic heterocycles. The SMILES string of the molecule is O=C(O)CN1CCN(C(=O)CCOCCNC(=O)OCC2c3ccccc3-c3ccccc32)CC1. The monoisotopic (exact) mass is 481 g/mol. The zero-order valence-electron chi connectivity index (χ0n) is 19.7. The minimum absolute atomic E-state index is 0.00180. The normalized spacial score (nSPS) is 15.4. The maximum Gasteiger partial charge on any atom is 0.407 e. The highest BCUT2D eigenvalue weighted by molar-refractivity contribution is 5.79. The van der Waals surface area contributed by atoms with E-state index in [1.54, 1.807) is 4.90 Å². The first-order chi connectivity index (χ1) is 17.0. The van der Waals surface area contributed by atoms with Gasteiger partial charge in [-0.2, -0.15) is 0 Å². The van der Waals surface area contributed by atoms with Crippen LogP contribution in [0.3, 0.4) is 0 Å². The fourth-order valence-electron chi connectivity index (χ4n) is 4.64. The maximum absolute atomic E-state index is 12.3. The average Bonchev–Trinajstić information content (AvgIpc) is 3.18. The lowest BCUT2D eigenvalue weighted by molar-refractivity contribution is -0.139. The van der Waals surface area contributed by atoms with Crippen LogP contribution in [0.5, 0.6) is 0 Å². The molecule has 0 radical (unpaired) electrons. The molecule has 0 saturated carbocycles. The molecule has 4 rings (SSSR count). The van der Waals surface area contributed by atoms with E-state index in [2.05, 4.69) is 29.6 Å². The van der Waals surface area contributed by atoms with Crippen LogP contribution in [0.25, 0.3) is 11.1 Å². The molecule has 2 aliphatic rings. The quantitative estimate of drug-likeness (QED) is 0.501. The Hall–Kier alpha value is -3.43. The summed E-state index contributed by atoms with van der Waals surface area (Å²) < 4.78 is 11.0.